The molecule has 0 unspecified atom stereocenters. The Kier molecular flexibility index (Phi) is 6.00. The van der Waals surface area contributed by atoms with Gasteiger partial charge < -0.3 is 14.5 Å². The molecule has 0 spiro atoms. The van der Waals surface area contributed by atoms with Crippen molar-refractivity contribution >= 4 is 33.1 Å². The molecule has 7 nitrogen and oxygen atoms in total. The molecule has 3 aromatic rings. The Hall–Kier alpha value is -3.39. The number of sulfone groups is 1. The zero-order valence-electron chi connectivity index (χ0n) is 19.2. The lowest BCUT2D eigenvalue weighted by Gasteiger charge is -2.32. The van der Waals surface area contributed by atoms with Gasteiger partial charge in [-0.15, -0.1) is 0 Å². The summed E-state index contributed by atoms with van der Waals surface area (Å²) in [6, 6.07) is 13.4. The number of hydrogen-bond acceptors (Lipinski definition) is 7. The molecule has 1 aromatic carbocycles. The number of ether oxygens (including phenoxy) is 1. The monoisotopic (exact) mass is 476 g/mol. The summed E-state index contributed by atoms with van der Waals surface area (Å²) in [5.74, 6) is 1.60. The van der Waals surface area contributed by atoms with Crippen LogP contribution >= 0.6 is 0 Å². The van der Waals surface area contributed by atoms with Gasteiger partial charge in [-0.1, -0.05) is 12.7 Å². The summed E-state index contributed by atoms with van der Waals surface area (Å²) in [7, 11) is -3.21. The number of piperidine rings is 1. The van der Waals surface area contributed by atoms with Gasteiger partial charge in [0, 0.05) is 68.6 Å². The highest BCUT2D eigenvalue weighted by Crippen LogP contribution is 2.36. The van der Waals surface area contributed by atoms with Crippen molar-refractivity contribution in [3.8, 4) is 5.88 Å². The molecule has 2 aliphatic heterocycles. The van der Waals surface area contributed by atoms with Gasteiger partial charge in [0.2, 0.25) is 5.88 Å². The van der Waals surface area contributed by atoms with Crippen LogP contribution in [0.3, 0.4) is 0 Å². The van der Waals surface area contributed by atoms with E-state index in [1.54, 1.807) is 24.4 Å². The normalized spacial score (nSPS) is 16.4. The SMILES string of the molecule is C=Cc1ccc(N2CCC(Oc3cc(N4CCc5cc(S(C)(=O)=O)ccc54)ccn3)CC2)nc1. The maximum absolute atomic E-state index is 11.9. The van der Waals surface area contributed by atoms with Crippen LogP contribution in [0.25, 0.3) is 6.08 Å². The first-order valence-corrected chi connectivity index (χ1v) is 13.4. The van der Waals surface area contributed by atoms with Gasteiger partial charge in [0.05, 0.1) is 4.90 Å². The van der Waals surface area contributed by atoms with Gasteiger partial charge in [0.25, 0.3) is 0 Å². The number of hydrogen-bond donors (Lipinski definition) is 0. The molecule has 176 valence electrons. The summed E-state index contributed by atoms with van der Waals surface area (Å²) in [5.41, 5.74) is 4.10. The van der Waals surface area contributed by atoms with Crippen molar-refractivity contribution in [2.24, 2.45) is 0 Å². The van der Waals surface area contributed by atoms with E-state index in [2.05, 4.69) is 26.3 Å². The second-order valence-corrected chi connectivity index (χ2v) is 10.8. The fourth-order valence-electron chi connectivity index (χ4n) is 4.59. The molecule has 4 heterocycles. The third-order valence-electron chi connectivity index (χ3n) is 6.46. The van der Waals surface area contributed by atoms with Gasteiger partial charge in [-0.05, 0) is 53.9 Å². The Morgan fingerprint density at radius 3 is 2.59 bits per heavy atom. The maximum atomic E-state index is 11.9. The molecule has 1 fully saturated rings. The van der Waals surface area contributed by atoms with Crippen molar-refractivity contribution in [1.82, 2.24) is 9.97 Å². The first kappa shape index (κ1) is 22.4. The molecule has 0 radical (unpaired) electrons. The van der Waals surface area contributed by atoms with E-state index in [1.165, 1.54) is 6.26 Å². The molecule has 2 aromatic heterocycles. The summed E-state index contributed by atoms with van der Waals surface area (Å²) in [6.07, 6.45) is 9.37. The van der Waals surface area contributed by atoms with Crippen LogP contribution in [0, 0.1) is 0 Å². The van der Waals surface area contributed by atoms with Crippen molar-refractivity contribution in [3.63, 3.8) is 0 Å². The fourth-order valence-corrected chi connectivity index (χ4v) is 5.26. The van der Waals surface area contributed by atoms with Crippen LogP contribution in [0.1, 0.15) is 24.0 Å². The van der Waals surface area contributed by atoms with Gasteiger partial charge in [0.15, 0.2) is 9.84 Å². The first-order chi connectivity index (χ1) is 16.4. The predicted molar refractivity (Wildman–Crippen MR) is 135 cm³/mol. The molecular formula is C26H28N4O3S. The molecule has 0 amide bonds. The summed E-state index contributed by atoms with van der Waals surface area (Å²) < 4.78 is 30.0. The lowest BCUT2D eigenvalue weighted by molar-refractivity contribution is 0.164. The Bertz CT molecular complexity index is 1300. The highest BCUT2D eigenvalue weighted by molar-refractivity contribution is 7.90. The average molecular weight is 477 g/mol. The Morgan fingerprint density at radius 2 is 1.88 bits per heavy atom. The summed E-state index contributed by atoms with van der Waals surface area (Å²) >= 11 is 0. The number of rotatable bonds is 6. The molecule has 5 rings (SSSR count). The van der Waals surface area contributed by atoms with Gasteiger partial charge in [-0.25, -0.2) is 18.4 Å². The molecule has 0 aliphatic carbocycles. The van der Waals surface area contributed by atoms with Crippen LogP contribution in [0.15, 0.2) is 66.3 Å². The van der Waals surface area contributed by atoms with Crippen molar-refractivity contribution in [1.29, 1.82) is 0 Å². The van der Waals surface area contributed by atoms with E-state index in [0.29, 0.717) is 10.8 Å². The Morgan fingerprint density at radius 1 is 1.06 bits per heavy atom. The highest BCUT2D eigenvalue weighted by atomic mass is 32.2. The zero-order valence-corrected chi connectivity index (χ0v) is 20.0. The van der Waals surface area contributed by atoms with E-state index in [1.807, 2.05) is 36.5 Å². The molecule has 0 saturated carbocycles. The van der Waals surface area contributed by atoms with Gasteiger partial charge in [-0.2, -0.15) is 0 Å². The smallest absolute Gasteiger partial charge is 0.215 e. The third kappa shape index (κ3) is 4.63. The second kappa shape index (κ2) is 9.10. The minimum Gasteiger partial charge on any atom is -0.474 e. The summed E-state index contributed by atoms with van der Waals surface area (Å²) in [6.45, 7) is 6.33. The maximum Gasteiger partial charge on any atom is 0.215 e. The third-order valence-corrected chi connectivity index (χ3v) is 7.57. The van der Waals surface area contributed by atoms with E-state index < -0.39 is 9.84 Å². The Balaban J connectivity index is 1.24. The van der Waals surface area contributed by atoms with Gasteiger partial charge in [-0.3, -0.25) is 0 Å². The van der Waals surface area contributed by atoms with Crippen molar-refractivity contribution in [2.75, 3.05) is 35.7 Å². The molecule has 0 atom stereocenters. The molecule has 2 aliphatic rings. The topological polar surface area (TPSA) is 75.6 Å². The molecular weight excluding hydrogens is 448 g/mol. The molecule has 1 saturated heterocycles. The molecule has 0 bridgehead atoms. The van der Waals surface area contributed by atoms with E-state index in [-0.39, 0.29) is 6.10 Å². The number of pyridine rings is 2. The minimum absolute atomic E-state index is 0.106. The Labute approximate surface area is 200 Å². The van der Waals surface area contributed by atoms with Gasteiger partial charge >= 0.3 is 0 Å². The summed E-state index contributed by atoms with van der Waals surface area (Å²) in [4.78, 5) is 13.8. The van der Waals surface area contributed by atoms with Crippen molar-refractivity contribution in [2.45, 2.75) is 30.3 Å². The van der Waals surface area contributed by atoms with E-state index in [0.717, 1.165) is 67.2 Å². The van der Waals surface area contributed by atoms with Crippen LogP contribution < -0.4 is 14.5 Å². The van der Waals surface area contributed by atoms with Crippen LogP contribution in [-0.4, -0.2) is 50.4 Å². The number of aromatic nitrogens is 2. The number of nitrogens with zero attached hydrogens (tertiary/aromatic N) is 4. The first-order valence-electron chi connectivity index (χ1n) is 11.5. The van der Waals surface area contributed by atoms with Crippen LogP contribution in [0.2, 0.25) is 0 Å². The highest BCUT2D eigenvalue weighted by Gasteiger charge is 2.25. The minimum atomic E-state index is -3.21. The van der Waals surface area contributed by atoms with Crippen molar-refractivity contribution < 1.29 is 13.2 Å². The van der Waals surface area contributed by atoms with Crippen LogP contribution in [0.4, 0.5) is 17.2 Å². The van der Waals surface area contributed by atoms with Gasteiger partial charge in [0.1, 0.15) is 11.9 Å². The summed E-state index contributed by atoms with van der Waals surface area (Å²) in [5, 5.41) is 0. The zero-order chi connectivity index (χ0) is 23.7. The van der Waals surface area contributed by atoms with Crippen molar-refractivity contribution in [3.05, 3.63) is 72.6 Å². The standard InChI is InChI=1S/C26H28N4O3S/c1-3-19-4-7-25(28-18-19)29-13-10-22(11-14-29)33-26-17-21(8-12-27-26)30-15-9-20-16-23(34(2,31)32)5-6-24(20)30/h3-8,12,16-18,22H,1,9-11,13-15H2,2H3. The van der Waals surface area contributed by atoms with Crippen LogP contribution in [0.5, 0.6) is 5.88 Å². The largest absolute Gasteiger partial charge is 0.474 e. The second-order valence-electron chi connectivity index (χ2n) is 8.77. The molecule has 0 N–H and O–H groups in total. The number of fused-ring (bicyclic) bond motifs is 1. The quantitative estimate of drug-likeness (QED) is 0.526. The predicted octanol–water partition coefficient (Wildman–Crippen LogP) is 4.27. The lowest BCUT2D eigenvalue weighted by atomic mass is 10.1. The lowest BCUT2D eigenvalue weighted by Crippen LogP contribution is -2.38. The van der Waals surface area contributed by atoms with E-state index >= 15 is 0 Å². The number of benzene rings is 1. The molecule has 34 heavy (non-hydrogen) atoms. The number of anilines is 3. The van der Waals surface area contributed by atoms with E-state index in [9.17, 15) is 8.42 Å². The fraction of sp³-hybridized carbons (Fsp3) is 0.308. The van der Waals surface area contributed by atoms with Crippen LogP contribution in [-0.2, 0) is 16.3 Å². The molecule has 8 heteroatoms. The average Bonchev–Trinajstić information content (AvgIpc) is 3.28. The van der Waals surface area contributed by atoms with E-state index in [4.69, 9.17) is 4.74 Å².